The Labute approximate surface area is 179 Å². The number of hydrogen-bond donors (Lipinski definition) is 1. The number of benzene rings is 2. The average Bonchev–Trinajstić information content (AvgIpc) is 3.02. The van der Waals surface area contributed by atoms with Crippen LogP contribution in [0.4, 0.5) is 5.69 Å². The molecule has 1 amide bonds. The van der Waals surface area contributed by atoms with Crippen LogP contribution in [0.1, 0.15) is 17.2 Å². The molecule has 1 atom stereocenters. The Morgan fingerprint density at radius 3 is 2.55 bits per heavy atom. The SMILES string of the molecule is COc1cccc(C(O)=C2C(=O)C(=O)N(CCN(C)C)[C@@H]2c2cccc([N+](=O)[O-])c2)c1. The Bertz CT molecular complexity index is 1060. The second-order valence-corrected chi connectivity index (χ2v) is 7.38. The number of nitro groups is 1. The summed E-state index contributed by atoms with van der Waals surface area (Å²) in [6.07, 6.45) is 0. The number of rotatable bonds is 7. The minimum Gasteiger partial charge on any atom is -0.507 e. The van der Waals surface area contributed by atoms with Crippen LogP contribution in [-0.4, -0.2) is 65.8 Å². The first-order valence-electron chi connectivity index (χ1n) is 9.56. The summed E-state index contributed by atoms with van der Waals surface area (Å²) < 4.78 is 5.18. The fourth-order valence-corrected chi connectivity index (χ4v) is 3.50. The molecule has 9 heteroatoms. The summed E-state index contributed by atoms with van der Waals surface area (Å²) in [6, 6.07) is 11.3. The van der Waals surface area contributed by atoms with E-state index >= 15 is 0 Å². The Morgan fingerprint density at radius 2 is 1.90 bits per heavy atom. The second kappa shape index (κ2) is 8.97. The number of aliphatic hydroxyl groups excluding tert-OH is 1. The van der Waals surface area contributed by atoms with Crippen LogP contribution in [0.5, 0.6) is 5.75 Å². The molecule has 31 heavy (non-hydrogen) atoms. The van der Waals surface area contributed by atoms with Crippen molar-refractivity contribution >= 4 is 23.1 Å². The molecule has 3 rings (SSSR count). The van der Waals surface area contributed by atoms with E-state index in [2.05, 4.69) is 0 Å². The molecule has 0 aromatic heterocycles. The molecular weight excluding hydrogens is 402 g/mol. The maximum Gasteiger partial charge on any atom is 0.295 e. The van der Waals surface area contributed by atoms with Gasteiger partial charge in [0.2, 0.25) is 0 Å². The maximum absolute atomic E-state index is 12.9. The molecule has 1 aliphatic rings. The van der Waals surface area contributed by atoms with Gasteiger partial charge in [-0.3, -0.25) is 19.7 Å². The van der Waals surface area contributed by atoms with Crippen LogP contribution in [-0.2, 0) is 9.59 Å². The maximum atomic E-state index is 12.9. The summed E-state index contributed by atoms with van der Waals surface area (Å²) in [5.41, 5.74) is 0.395. The molecule has 162 valence electrons. The van der Waals surface area contributed by atoms with E-state index in [9.17, 15) is 24.8 Å². The third-order valence-corrected chi connectivity index (χ3v) is 5.07. The number of aliphatic hydroxyl groups is 1. The molecule has 0 spiro atoms. The van der Waals surface area contributed by atoms with E-state index < -0.39 is 22.7 Å². The van der Waals surface area contributed by atoms with Gasteiger partial charge >= 0.3 is 0 Å². The molecular formula is C22H23N3O6. The topological polar surface area (TPSA) is 113 Å². The normalized spacial score (nSPS) is 17.9. The van der Waals surface area contributed by atoms with Gasteiger partial charge in [-0.15, -0.1) is 0 Å². The zero-order valence-electron chi connectivity index (χ0n) is 17.4. The van der Waals surface area contributed by atoms with E-state index in [1.165, 1.54) is 30.2 Å². The molecule has 9 nitrogen and oxygen atoms in total. The highest BCUT2D eigenvalue weighted by Crippen LogP contribution is 2.40. The molecule has 0 bridgehead atoms. The predicted octanol–water partition coefficient (Wildman–Crippen LogP) is 2.59. The highest BCUT2D eigenvalue weighted by molar-refractivity contribution is 6.46. The molecule has 0 aliphatic carbocycles. The quantitative estimate of drug-likeness (QED) is 0.238. The minimum atomic E-state index is -0.953. The summed E-state index contributed by atoms with van der Waals surface area (Å²) in [5, 5.41) is 22.3. The van der Waals surface area contributed by atoms with Gasteiger partial charge in [0.05, 0.1) is 23.6 Å². The first-order valence-corrected chi connectivity index (χ1v) is 9.56. The van der Waals surface area contributed by atoms with E-state index in [0.29, 0.717) is 23.4 Å². The fraction of sp³-hybridized carbons (Fsp3) is 0.273. The Balaban J connectivity index is 2.19. The lowest BCUT2D eigenvalue weighted by atomic mass is 9.95. The average molecular weight is 425 g/mol. The lowest BCUT2D eigenvalue weighted by Crippen LogP contribution is -2.35. The number of amides is 1. The highest BCUT2D eigenvalue weighted by Gasteiger charge is 2.46. The van der Waals surface area contributed by atoms with Crippen molar-refractivity contribution in [3.05, 3.63) is 75.3 Å². The predicted molar refractivity (Wildman–Crippen MR) is 114 cm³/mol. The summed E-state index contributed by atoms with van der Waals surface area (Å²) in [6.45, 7) is 0.678. The van der Waals surface area contributed by atoms with Crippen molar-refractivity contribution in [1.82, 2.24) is 9.80 Å². The number of Topliss-reactive ketones (excluding diaryl/α,β-unsaturated/α-hetero) is 1. The number of carbonyl (C=O) groups is 2. The van der Waals surface area contributed by atoms with Gasteiger partial charge in [0.1, 0.15) is 11.5 Å². The summed E-state index contributed by atoms with van der Waals surface area (Å²) in [5.74, 6) is -1.49. The first-order chi connectivity index (χ1) is 14.7. The number of non-ortho nitro benzene ring substituents is 1. The number of carbonyl (C=O) groups excluding carboxylic acids is 2. The Hall–Kier alpha value is -3.72. The number of ether oxygens (including phenoxy) is 1. The molecule has 0 radical (unpaired) electrons. The Morgan fingerprint density at radius 1 is 1.19 bits per heavy atom. The monoisotopic (exact) mass is 425 g/mol. The molecule has 0 saturated carbocycles. The van der Waals surface area contributed by atoms with Crippen LogP contribution >= 0.6 is 0 Å². The standard InChI is InChI=1S/C22H23N3O6/c1-23(2)10-11-24-19(14-6-4-8-16(12-14)25(29)30)18(21(27)22(24)28)20(26)15-7-5-9-17(13-15)31-3/h4-9,12-13,19,26H,10-11H2,1-3H3/t19-/m1/s1. The Kier molecular flexibility index (Phi) is 6.36. The number of likely N-dealkylation sites (N-methyl/N-ethyl adjacent to an activating group) is 1. The number of methoxy groups -OCH3 is 1. The van der Waals surface area contributed by atoms with Crippen LogP contribution in [0.3, 0.4) is 0 Å². The largest absolute Gasteiger partial charge is 0.507 e. The third-order valence-electron chi connectivity index (χ3n) is 5.07. The molecule has 1 heterocycles. The summed E-state index contributed by atoms with van der Waals surface area (Å²) >= 11 is 0. The minimum absolute atomic E-state index is 0.113. The number of nitrogens with zero attached hydrogens (tertiary/aromatic N) is 3. The lowest BCUT2D eigenvalue weighted by Gasteiger charge is -2.26. The lowest BCUT2D eigenvalue weighted by molar-refractivity contribution is -0.384. The van der Waals surface area contributed by atoms with Crippen molar-refractivity contribution in [3.8, 4) is 5.75 Å². The number of ketones is 1. The van der Waals surface area contributed by atoms with Crippen LogP contribution in [0.25, 0.3) is 5.76 Å². The molecule has 1 saturated heterocycles. The van der Waals surface area contributed by atoms with E-state index in [1.54, 1.807) is 30.3 Å². The van der Waals surface area contributed by atoms with Gasteiger partial charge in [-0.1, -0.05) is 24.3 Å². The second-order valence-electron chi connectivity index (χ2n) is 7.38. The summed E-state index contributed by atoms with van der Waals surface area (Å²) in [4.78, 5) is 39.7. The van der Waals surface area contributed by atoms with Crippen molar-refractivity contribution < 1.29 is 24.4 Å². The van der Waals surface area contributed by atoms with Crippen LogP contribution in [0.2, 0.25) is 0 Å². The van der Waals surface area contributed by atoms with Crippen molar-refractivity contribution in [3.63, 3.8) is 0 Å². The smallest absolute Gasteiger partial charge is 0.295 e. The van der Waals surface area contributed by atoms with Gasteiger partial charge in [-0.05, 0) is 31.8 Å². The fourth-order valence-electron chi connectivity index (χ4n) is 3.50. The van der Waals surface area contributed by atoms with Crippen LogP contribution < -0.4 is 4.74 Å². The van der Waals surface area contributed by atoms with Crippen molar-refractivity contribution in [1.29, 1.82) is 0 Å². The van der Waals surface area contributed by atoms with Gasteiger partial charge < -0.3 is 19.6 Å². The summed E-state index contributed by atoms with van der Waals surface area (Å²) in [7, 11) is 5.13. The zero-order chi connectivity index (χ0) is 22.7. The van der Waals surface area contributed by atoms with Gasteiger partial charge in [-0.2, -0.15) is 0 Å². The van der Waals surface area contributed by atoms with E-state index in [-0.39, 0.29) is 23.6 Å². The van der Waals surface area contributed by atoms with Gasteiger partial charge in [0, 0.05) is 30.8 Å². The molecule has 1 fully saturated rings. The van der Waals surface area contributed by atoms with Gasteiger partial charge in [-0.25, -0.2) is 0 Å². The molecule has 2 aromatic rings. The number of hydrogen-bond acceptors (Lipinski definition) is 7. The molecule has 1 aliphatic heterocycles. The molecule has 0 unspecified atom stereocenters. The van der Waals surface area contributed by atoms with Crippen molar-refractivity contribution in [2.24, 2.45) is 0 Å². The van der Waals surface area contributed by atoms with E-state index in [4.69, 9.17) is 4.74 Å². The van der Waals surface area contributed by atoms with Crippen molar-refractivity contribution in [2.45, 2.75) is 6.04 Å². The molecule has 2 aromatic carbocycles. The zero-order valence-corrected chi connectivity index (χ0v) is 17.4. The number of nitro benzene ring substituents is 1. The van der Waals surface area contributed by atoms with Gasteiger partial charge in [0.15, 0.2) is 0 Å². The first kappa shape index (κ1) is 22.0. The number of likely N-dealkylation sites (tertiary alicyclic amines) is 1. The molecule has 1 N–H and O–H groups in total. The van der Waals surface area contributed by atoms with Crippen molar-refractivity contribution in [2.75, 3.05) is 34.3 Å². The van der Waals surface area contributed by atoms with E-state index in [0.717, 1.165) is 0 Å². The van der Waals surface area contributed by atoms with E-state index in [1.807, 2.05) is 19.0 Å². The highest BCUT2D eigenvalue weighted by atomic mass is 16.6. The van der Waals surface area contributed by atoms with Crippen LogP contribution in [0.15, 0.2) is 54.1 Å². The van der Waals surface area contributed by atoms with Crippen LogP contribution in [0, 0.1) is 10.1 Å². The van der Waals surface area contributed by atoms with Gasteiger partial charge in [0.25, 0.3) is 17.4 Å². The third kappa shape index (κ3) is 4.41.